The Morgan fingerprint density at radius 2 is 1.81 bits per heavy atom. The van der Waals surface area contributed by atoms with E-state index in [-0.39, 0.29) is 0 Å². The van der Waals surface area contributed by atoms with E-state index < -0.39 is 0 Å². The van der Waals surface area contributed by atoms with Crippen LogP contribution in [0.2, 0.25) is 0 Å². The summed E-state index contributed by atoms with van der Waals surface area (Å²) in [6.07, 6.45) is 6.65. The minimum atomic E-state index is 0.672. The van der Waals surface area contributed by atoms with Crippen LogP contribution in [-0.2, 0) is 6.54 Å². The first kappa shape index (κ1) is 16.4. The molecule has 0 heterocycles. The lowest BCUT2D eigenvalue weighted by Crippen LogP contribution is -2.37. The standard InChI is InChI=1S/C17H26ClNO2/c1-20-16-9-8-14(12-17(16)21-2)13-19(11-10-18)15-6-4-3-5-7-15/h8-9,12,15H,3-7,10-11,13H2,1-2H3. The van der Waals surface area contributed by atoms with E-state index in [2.05, 4.69) is 17.0 Å². The van der Waals surface area contributed by atoms with E-state index in [1.54, 1.807) is 14.2 Å². The average Bonchev–Trinajstić information content (AvgIpc) is 2.55. The summed E-state index contributed by atoms with van der Waals surface area (Å²) in [5.41, 5.74) is 1.25. The molecule has 2 rings (SSSR count). The van der Waals surface area contributed by atoms with E-state index in [0.717, 1.165) is 24.6 Å². The fourth-order valence-corrected chi connectivity index (χ4v) is 3.38. The highest BCUT2D eigenvalue weighted by molar-refractivity contribution is 6.18. The number of halogens is 1. The summed E-state index contributed by atoms with van der Waals surface area (Å²) in [5, 5.41) is 0. The Bertz CT molecular complexity index is 433. The molecule has 0 bridgehead atoms. The molecule has 0 N–H and O–H groups in total. The number of rotatable bonds is 7. The van der Waals surface area contributed by atoms with Gasteiger partial charge in [0.25, 0.3) is 0 Å². The Morgan fingerprint density at radius 1 is 1.10 bits per heavy atom. The Kier molecular flexibility index (Phi) is 6.65. The SMILES string of the molecule is COc1ccc(CN(CCCl)C2CCCCC2)cc1OC. The maximum absolute atomic E-state index is 6.00. The topological polar surface area (TPSA) is 21.7 Å². The van der Waals surface area contributed by atoms with Crippen molar-refractivity contribution in [3.8, 4) is 11.5 Å². The molecule has 0 radical (unpaired) electrons. The van der Waals surface area contributed by atoms with Crippen molar-refractivity contribution in [2.45, 2.75) is 44.7 Å². The maximum atomic E-state index is 6.00. The molecule has 0 atom stereocenters. The van der Waals surface area contributed by atoms with Crippen LogP contribution in [0.25, 0.3) is 0 Å². The Labute approximate surface area is 133 Å². The third-order valence-electron chi connectivity index (χ3n) is 4.30. The lowest BCUT2D eigenvalue weighted by molar-refractivity contribution is 0.157. The van der Waals surface area contributed by atoms with Crippen molar-refractivity contribution in [2.24, 2.45) is 0 Å². The molecule has 118 valence electrons. The van der Waals surface area contributed by atoms with Gasteiger partial charge in [0, 0.05) is 25.0 Å². The Hall–Kier alpha value is -0.930. The van der Waals surface area contributed by atoms with Gasteiger partial charge in [-0.2, -0.15) is 0 Å². The molecule has 1 aliphatic carbocycles. The maximum Gasteiger partial charge on any atom is 0.161 e. The van der Waals surface area contributed by atoms with Gasteiger partial charge >= 0.3 is 0 Å². The quantitative estimate of drug-likeness (QED) is 0.708. The van der Waals surface area contributed by atoms with Crippen molar-refractivity contribution in [1.82, 2.24) is 4.90 Å². The van der Waals surface area contributed by atoms with Gasteiger partial charge in [0.05, 0.1) is 14.2 Å². The normalized spacial score (nSPS) is 16.2. The summed E-state index contributed by atoms with van der Waals surface area (Å²) in [6.45, 7) is 1.87. The van der Waals surface area contributed by atoms with Crippen molar-refractivity contribution < 1.29 is 9.47 Å². The van der Waals surface area contributed by atoms with Crippen LogP contribution in [0.1, 0.15) is 37.7 Å². The van der Waals surface area contributed by atoms with Crippen LogP contribution >= 0.6 is 11.6 Å². The number of nitrogens with zero attached hydrogens (tertiary/aromatic N) is 1. The molecule has 3 nitrogen and oxygen atoms in total. The largest absolute Gasteiger partial charge is 0.493 e. The van der Waals surface area contributed by atoms with Gasteiger partial charge in [-0.05, 0) is 30.5 Å². The molecule has 0 spiro atoms. The lowest BCUT2D eigenvalue weighted by Gasteiger charge is -2.34. The molecule has 0 unspecified atom stereocenters. The van der Waals surface area contributed by atoms with Crippen molar-refractivity contribution in [1.29, 1.82) is 0 Å². The average molecular weight is 312 g/mol. The molecular formula is C17H26ClNO2. The van der Waals surface area contributed by atoms with Gasteiger partial charge in [-0.25, -0.2) is 0 Å². The van der Waals surface area contributed by atoms with Gasteiger partial charge in [-0.1, -0.05) is 25.3 Å². The first-order valence-electron chi connectivity index (χ1n) is 7.79. The molecular weight excluding hydrogens is 286 g/mol. The molecule has 4 heteroatoms. The van der Waals surface area contributed by atoms with E-state index >= 15 is 0 Å². The Morgan fingerprint density at radius 3 is 2.43 bits per heavy atom. The summed E-state index contributed by atoms with van der Waals surface area (Å²) in [7, 11) is 3.35. The zero-order chi connectivity index (χ0) is 15.1. The van der Waals surface area contributed by atoms with Crippen LogP contribution in [-0.4, -0.2) is 37.6 Å². The molecule has 0 aliphatic heterocycles. The number of alkyl halides is 1. The monoisotopic (exact) mass is 311 g/mol. The second kappa shape index (κ2) is 8.50. The van der Waals surface area contributed by atoms with E-state index in [9.17, 15) is 0 Å². The number of hydrogen-bond donors (Lipinski definition) is 0. The highest BCUT2D eigenvalue weighted by atomic mass is 35.5. The Balaban J connectivity index is 2.08. The molecule has 1 aromatic carbocycles. The predicted octanol–water partition coefficient (Wildman–Crippen LogP) is 4.08. The minimum Gasteiger partial charge on any atom is -0.493 e. The second-order valence-corrected chi connectivity index (χ2v) is 6.02. The van der Waals surface area contributed by atoms with Gasteiger partial charge < -0.3 is 9.47 Å². The lowest BCUT2D eigenvalue weighted by atomic mass is 9.94. The smallest absolute Gasteiger partial charge is 0.161 e. The third kappa shape index (κ3) is 4.52. The number of benzene rings is 1. The van der Waals surface area contributed by atoms with E-state index in [0.29, 0.717) is 11.9 Å². The van der Waals surface area contributed by atoms with Gasteiger partial charge in [-0.3, -0.25) is 4.90 Å². The zero-order valence-corrected chi connectivity index (χ0v) is 13.9. The van der Waals surface area contributed by atoms with Crippen LogP contribution in [0.4, 0.5) is 0 Å². The number of ether oxygens (including phenoxy) is 2. The van der Waals surface area contributed by atoms with E-state index in [1.807, 2.05) is 6.07 Å². The number of methoxy groups -OCH3 is 2. The van der Waals surface area contributed by atoms with Crippen molar-refractivity contribution >= 4 is 11.6 Å². The predicted molar refractivity (Wildman–Crippen MR) is 87.5 cm³/mol. The van der Waals surface area contributed by atoms with Crippen molar-refractivity contribution in [2.75, 3.05) is 26.6 Å². The second-order valence-electron chi connectivity index (χ2n) is 5.64. The molecule has 1 aromatic rings. The highest BCUT2D eigenvalue weighted by Crippen LogP contribution is 2.29. The summed E-state index contributed by atoms with van der Waals surface area (Å²) in [6, 6.07) is 6.84. The minimum absolute atomic E-state index is 0.672. The van der Waals surface area contributed by atoms with Crippen molar-refractivity contribution in [3.05, 3.63) is 23.8 Å². The van der Waals surface area contributed by atoms with Gasteiger partial charge in [0.1, 0.15) is 0 Å². The van der Waals surface area contributed by atoms with Gasteiger partial charge in [0.15, 0.2) is 11.5 Å². The fraction of sp³-hybridized carbons (Fsp3) is 0.647. The fourth-order valence-electron chi connectivity index (χ4n) is 3.16. The first-order chi connectivity index (χ1) is 10.3. The molecule has 1 saturated carbocycles. The van der Waals surface area contributed by atoms with Crippen molar-refractivity contribution in [3.63, 3.8) is 0 Å². The summed E-state index contributed by atoms with van der Waals surface area (Å²) >= 11 is 6.00. The molecule has 21 heavy (non-hydrogen) atoms. The summed E-state index contributed by atoms with van der Waals surface area (Å²) < 4.78 is 10.7. The zero-order valence-electron chi connectivity index (χ0n) is 13.1. The van der Waals surface area contributed by atoms with Gasteiger partial charge in [-0.15, -0.1) is 11.6 Å². The number of hydrogen-bond acceptors (Lipinski definition) is 3. The molecule has 1 aliphatic rings. The molecule has 1 fully saturated rings. The third-order valence-corrected chi connectivity index (χ3v) is 4.47. The molecule has 0 saturated heterocycles. The van der Waals surface area contributed by atoms with E-state index in [1.165, 1.54) is 37.7 Å². The van der Waals surface area contributed by atoms with Crippen LogP contribution in [0.5, 0.6) is 11.5 Å². The van der Waals surface area contributed by atoms with Crippen LogP contribution in [0.15, 0.2) is 18.2 Å². The summed E-state index contributed by atoms with van der Waals surface area (Å²) in [4.78, 5) is 2.52. The van der Waals surface area contributed by atoms with Crippen LogP contribution < -0.4 is 9.47 Å². The van der Waals surface area contributed by atoms with Crippen LogP contribution in [0, 0.1) is 0 Å². The first-order valence-corrected chi connectivity index (χ1v) is 8.33. The van der Waals surface area contributed by atoms with Gasteiger partial charge in [0.2, 0.25) is 0 Å². The van der Waals surface area contributed by atoms with E-state index in [4.69, 9.17) is 21.1 Å². The summed E-state index contributed by atoms with van der Waals surface area (Å²) in [5.74, 6) is 2.26. The highest BCUT2D eigenvalue weighted by Gasteiger charge is 2.21. The van der Waals surface area contributed by atoms with Crippen LogP contribution in [0.3, 0.4) is 0 Å². The molecule has 0 amide bonds. The molecule has 0 aromatic heterocycles.